The fraction of sp³-hybridized carbons (Fsp3) is 0.130. The number of hydrogen-bond acceptors (Lipinski definition) is 5. The summed E-state index contributed by atoms with van der Waals surface area (Å²) in [6.07, 6.45) is 0. The standard InChI is InChI=1S/C23H21NO5S/c1-29-21-13-11-20(12-14-21)24-23(26)16-30(27,28)15-22(25)19-9-7-18(8-10-19)17-5-3-2-4-6-17/h2-14H,15-16H2,1H3,(H,24,26). The van der Waals surface area contributed by atoms with Crippen LogP contribution < -0.4 is 10.1 Å². The Morgan fingerprint density at radius 1 is 0.800 bits per heavy atom. The van der Waals surface area contributed by atoms with Gasteiger partial charge in [0.05, 0.1) is 7.11 Å². The van der Waals surface area contributed by atoms with E-state index in [1.807, 2.05) is 30.3 Å². The minimum absolute atomic E-state index is 0.286. The Kier molecular flexibility index (Phi) is 6.64. The van der Waals surface area contributed by atoms with Crippen LogP contribution in [0.3, 0.4) is 0 Å². The van der Waals surface area contributed by atoms with Crippen LogP contribution in [0.5, 0.6) is 5.75 Å². The van der Waals surface area contributed by atoms with Gasteiger partial charge in [0.25, 0.3) is 0 Å². The molecule has 0 aromatic heterocycles. The lowest BCUT2D eigenvalue weighted by molar-refractivity contribution is -0.113. The van der Waals surface area contributed by atoms with E-state index in [0.29, 0.717) is 11.4 Å². The summed E-state index contributed by atoms with van der Waals surface area (Å²) in [5, 5.41) is 2.50. The van der Waals surface area contributed by atoms with Gasteiger partial charge in [-0.2, -0.15) is 0 Å². The second kappa shape index (κ2) is 9.37. The third kappa shape index (κ3) is 5.78. The highest BCUT2D eigenvalue weighted by Gasteiger charge is 2.22. The Labute approximate surface area is 175 Å². The summed E-state index contributed by atoms with van der Waals surface area (Å²) in [5.74, 6) is -2.13. The lowest BCUT2D eigenvalue weighted by Gasteiger charge is -2.08. The first kappa shape index (κ1) is 21.3. The summed E-state index contributed by atoms with van der Waals surface area (Å²) in [6.45, 7) is 0. The van der Waals surface area contributed by atoms with Gasteiger partial charge in [0, 0.05) is 11.3 Å². The first-order chi connectivity index (χ1) is 14.4. The van der Waals surface area contributed by atoms with E-state index in [4.69, 9.17) is 4.74 Å². The van der Waals surface area contributed by atoms with Gasteiger partial charge >= 0.3 is 0 Å². The number of methoxy groups -OCH3 is 1. The number of ether oxygens (including phenoxy) is 1. The third-order valence-electron chi connectivity index (χ3n) is 4.39. The topological polar surface area (TPSA) is 89.5 Å². The van der Waals surface area contributed by atoms with Gasteiger partial charge in [-0.25, -0.2) is 8.42 Å². The summed E-state index contributed by atoms with van der Waals surface area (Å²) in [4.78, 5) is 24.5. The van der Waals surface area contributed by atoms with Gasteiger partial charge in [-0.05, 0) is 35.4 Å². The maximum Gasteiger partial charge on any atom is 0.239 e. The average Bonchev–Trinajstić information content (AvgIpc) is 2.74. The summed E-state index contributed by atoms with van der Waals surface area (Å²) < 4.78 is 29.6. The molecule has 0 fully saturated rings. The molecule has 0 aliphatic heterocycles. The fourth-order valence-electron chi connectivity index (χ4n) is 2.88. The zero-order valence-corrected chi connectivity index (χ0v) is 17.2. The van der Waals surface area contributed by atoms with E-state index < -0.39 is 33.0 Å². The maximum atomic E-state index is 12.4. The molecule has 3 aromatic carbocycles. The molecule has 0 atom stereocenters. The number of hydrogen-bond donors (Lipinski definition) is 1. The first-order valence-electron chi connectivity index (χ1n) is 9.19. The van der Waals surface area contributed by atoms with Crippen molar-refractivity contribution in [1.82, 2.24) is 0 Å². The number of anilines is 1. The Bertz CT molecular complexity index is 1120. The number of Topliss-reactive ketones (excluding diaryl/α,β-unsaturated/α-hetero) is 1. The van der Waals surface area contributed by atoms with Crippen molar-refractivity contribution in [3.05, 3.63) is 84.4 Å². The molecule has 0 bridgehead atoms. The van der Waals surface area contributed by atoms with Gasteiger partial charge < -0.3 is 10.1 Å². The summed E-state index contributed by atoms with van der Waals surface area (Å²) in [5.41, 5.74) is 2.65. The van der Waals surface area contributed by atoms with Gasteiger partial charge in [0.15, 0.2) is 15.6 Å². The molecular weight excluding hydrogens is 402 g/mol. The highest BCUT2D eigenvalue weighted by molar-refractivity contribution is 7.92. The molecule has 3 rings (SSSR count). The van der Waals surface area contributed by atoms with Gasteiger partial charge in [0.2, 0.25) is 5.91 Å². The van der Waals surface area contributed by atoms with Crippen molar-refractivity contribution < 1.29 is 22.7 Å². The molecule has 6 nitrogen and oxygen atoms in total. The van der Waals surface area contributed by atoms with Crippen molar-refractivity contribution in [1.29, 1.82) is 0 Å². The van der Waals surface area contributed by atoms with E-state index in [1.165, 1.54) is 7.11 Å². The number of nitrogens with one attached hydrogen (secondary N) is 1. The van der Waals surface area contributed by atoms with E-state index in [0.717, 1.165) is 11.1 Å². The monoisotopic (exact) mass is 423 g/mol. The molecule has 0 spiro atoms. The fourth-order valence-corrected chi connectivity index (χ4v) is 4.02. The number of amides is 1. The maximum absolute atomic E-state index is 12.4. The Morgan fingerprint density at radius 2 is 1.40 bits per heavy atom. The van der Waals surface area contributed by atoms with Crippen molar-refractivity contribution in [3.8, 4) is 16.9 Å². The predicted octanol–water partition coefficient (Wildman–Crippen LogP) is 3.60. The molecule has 0 radical (unpaired) electrons. The van der Waals surface area contributed by atoms with E-state index in [1.54, 1.807) is 48.5 Å². The molecule has 0 saturated carbocycles. The van der Waals surface area contributed by atoms with Crippen LogP contribution >= 0.6 is 0 Å². The average molecular weight is 423 g/mol. The van der Waals surface area contributed by atoms with Gasteiger partial charge in [-0.1, -0.05) is 54.6 Å². The van der Waals surface area contributed by atoms with Crippen LogP contribution in [0.1, 0.15) is 10.4 Å². The third-order valence-corrected chi connectivity index (χ3v) is 5.79. The highest BCUT2D eigenvalue weighted by atomic mass is 32.2. The van der Waals surface area contributed by atoms with Crippen molar-refractivity contribution in [2.75, 3.05) is 23.9 Å². The lowest BCUT2D eigenvalue weighted by atomic mass is 10.0. The molecule has 0 heterocycles. The van der Waals surface area contributed by atoms with Crippen molar-refractivity contribution in [2.24, 2.45) is 0 Å². The SMILES string of the molecule is COc1ccc(NC(=O)CS(=O)(=O)CC(=O)c2ccc(-c3ccccc3)cc2)cc1. The molecule has 0 saturated heterocycles. The molecule has 7 heteroatoms. The molecular formula is C23H21NO5S. The van der Waals surface area contributed by atoms with E-state index >= 15 is 0 Å². The quantitative estimate of drug-likeness (QED) is 0.559. The van der Waals surface area contributed by atoms with Gasteiger partial charge in [-0.15, -0.1) is 0 Å². The second-order valence-electron chi connectivity index (χ2n) is 6.68. The van der Waals surface area contributed by atoms with E-state index in [2.05, 4.69) is 5.32 Å². The van der Waals surface area contributed by atoms with Crippen LogP contribution in [-0.4, -0.2) is 38.7 Å². The predicted molar refractivity (Wildman–Crippen MR) is 116 cm³/mol. The number of carbonyl (C=O) groups is 2. The molecule has 1 amide bonds. The number of carbonyl (C=O) groups excluding carboxylic acids is 2. The largest absolute Gasteiger partial charge is 0.497 e. The molecule has 0 unspecified atom stereocenters. The van der Waals surface area contributed by atoms with Crippen molar-refractivity contribution in [3.63, 3.8) is 0 Å². The minimum atomic E-state index is -3.91. The summed E-state index contributed by atoms with van der Waals surface area (Å²) in [6, 6.07) is 22.9. The zero-order valence-electron chi connectivity index (χ0n) is 16.4. The van der Waals surface area contributed by atoms with E-state index in [9.17, 15) is 18.0 Å². The number of rotatable bonds is 8. The molecule has 30 heavy (non-hydrogen) atoms. The van der Waals surface area contributed by atoms with Crippen molar-refractivity contribution in [2.45, 2.75) is 0 Å². The van der Waals surface area contributed by atoms with Crippen LogP contribution in [0.25, 0.3) is 11.1 Å². The van der Waals surface area contributed by atoms with Gasteiger partial charge in [0.1, 0.15) is 17.3 Å². The van der Waals surface area contributed by atoms with Crippen LogP contribution in [-0.2, 0) is 14.6 Å². The summed E-state index contributed by atoms with van der Waals surface area (Å²) in [7, 11) is -2.39. The summed E-state index contributed by atoms with van der Waals surface area (Å²) >= 11 is 0. The van der Waals surface area contributed by atoms with Crippen LogP contribution in [0.4, 0.5) is 5.69 Å². The number of ketones is 1. The van der Waals surface area contributed by atoms with Crippen molar-refractivity contribution >= 4 is 27.2 Å². The molecule has 3 aromatic rings. The highest BCUT2D eigenvalue weighted by Crippen LogP contribution is 2.20. The van der Waals surface area contributed by atoms with Crippen LogP contribution in [0.2, 0.25) is 0 Å². The zero-order chi connectivity index (χ0) is 21.6. The minimum Gasteiger partial charge on any atom is -0.497 e. The second-order valence-corrected chi connectivity index (χ2v) is 8.74. The normalized spacial score (nSPS) is 11.0. The number of benzene rings is 3. The Balaban J connectivity index is 1.59. The van der Waals surface area contributed by atoms with Gasteiger partial charge in [-0.3, -0.25) is 9.59 Å². The van der Waals surface area contributed by atoms with Crippen LogP contribution in [0.15, 0.2) is 78.9 Å². The Hall–Kier alpha value is -3.45. The molecule has 0 aliphatic rings. The molecule has 0 aliphatic carbocycles. The first-order valence-corrected chi connectivity index (χ1v) is 11.0. The lowest BCUT2D eigenvalue weighted by Crippen LogP contribution is -2.27. The molecule has 154 valence electrons. The Morgan fingerprint density at radius 3 is 2.00 bits per heavy atom. The van der Waals surface area contributed by atoms with Crippen LogP contribution in [0, 0.1) is 0 Å². The molecule has 1 N–H and O–H groups in total. The smallest absolute Gasteiger partial charge is 0.239 e. The number of sulfone groups is 1. The van der Waals surface area contributed by atoms with E-state index in [-0.39, 0.29) is 5.56 Å².